The molecule has 0 radical (unpaired) electrons. The number of nitrogens with zero attached hydrogens (tertiary/aromatic N) is 1. The van der Waals surface area contributed by atoms with E-state index in [1.54, 1.807) is 6.07 Å². The van der Waals surface area contributed by atoms with Crippen molar-refractivity contribution in [1.29, 1.82) is 0 Å². The molecule has 0 aliphatic carbocycles. The summed E-state index contributed by atoms with van der Waals surface area (Å²) in [7, 11) is 2.01. The standard InChI is InChI=1S/C16H27FN2O/c1-3-4-12-20-13-10-18-9-11-19(2)14-15-7-5-6-8-16(15)17/h5-8,18H,3-4,9-14H2,1-2H3. The van der Waals surface area contributed by atoms with Crippen molar-refractivity contribution in [3.05, 3.63) is 35.6 Å². The lowest BCUT2D eigenvalue weighted by Gasteiger charge is -2.17. The number of hydrogen-bond acceptors (Lipinski definition) is 3. The zero-order valence-electron chi connectivity index (χ0n) is 12.7. The van der Waals surface area contributed by atoms with Gasteiger partial charge in [-0.25, -0.2) is 4.39 Å². The molecule has 0 aliphatic heterocycles. The van der Waals surface area contributed by atoms with Crippen molar-refractivity contribution in [1.82, 2.24) is 10.2 Å². The molecule has 0 saturated heterocycles. The molecule has 0 aliphatic rings. The molecule has 114 valence electrons. The summed E-state index contributed by atoms with van der Waals surface area (Å²) in [6.07, 6.45) is 2.31. The van der Waals surface area contributed by atoms with Gasteiger partial charge in [0.15, 0.2) is 0 Å². The predicted octanol–water partition coefficient (Wildman–Crippen LogP) is 2.66. The van der Waals surface area contributed by atoms with Crippen LogP contribution in [0.5, 0.6) is 0 Å². The van der Waals surface area contributed by atoms with Crippen LogP contribution in [0.2, 0.25) is 0 Å². The van der Waals surface area contributed by atoms with E-state index >= 15 is 0 Å². The summed E-state index contributed by atoms with van der Waals surface area (Å²) in [5.74, 6) is -0.128. The van der Waals surface area contributed by atoms with Gasteiger partial charge in [-0.15, -0.1) is 0 Å². The number of halogens is 1. The highest BCUT2D eigenvalue weighted by atomic mass is 19.1. The third-order valence-electron chi connectivity index (χ3n) is 3.13. The normalized spacial score (nSPS) is 11.2. The van der Waals surface area contributed by atoms with Crippen molar-refractivity contribution in [2.75, 3.05) is 39.9 Å². The summed E-state index contributed by atoms with van der Waals surface area (Å²) in [4.78, 5) is 2.11. The number of benzene rings is 1. The number of likely N-dealkylation sites (N-methyl/N-ethyl adjacent to an activating group) is 1. The van der Waals surface area contributed by atoms with Crippen LogP contribution in [-0.2, 0) is 11.3 Å². The molecule has 1 aromatic rings. The fourth-order valence-electron chi connectivity index (χ4n) is 1.88. The Balaban J connectivity index is 2.03. The molecule has 3 nitrogen and oxygen atoms in total. The highest BCUT2D eigenvalue weighted by molar-refractivity contribution is 5.16. The summed E-state index contributed by atoms with van der Waals surface area (Å²) in [5.41, 5.74) is 0.748. The molecule has 0 saturated carbocycles. The van der Waals surface area contributed by atoms with Crippen LogP contribution < -0.4 is 5.32 Å². The van der Waals surface area contributed by atoms with Gasteiger partial charge in [0.1, 0.15) is 5.82 Å². The van der Waals surface area contributed by atoms with Crippen LogP contribution in [0.1, 0.15) is 25.3 Å². The molecule has 1 aromatic carbocycles. The Kier molecular flexibility index (Phi) is 9.20. The second kappa shape index (κ2) is 10.8. The Morgan fingerprint density at radius 2 is 2.00 bits per heavy atom. The topological polar surface area (TPSA) is 24.5 Å². The fraction of sp³-hybridized carbons (Fsp3) is 0.625. The Labute approximate surface area is 122 Å². The Hall–Kier alpha value is -0.970. The van der Waals surface area contributed by atoms with Crippen molar-refractivity contribution < 1.29 is 9.13 Å². The van der Waals surface area contributed by atoms with E-state index in [4.69, 9.17) is 4.74 Å². The molecule has 4 heteroatoms. The van der Waals surface area contributed by atoms with Gasteiger partial charge in [-0.2, -0.15) is 0 Å². The maximum absolute atomic E-state index is 13.5. The monoisotopic (exact) mass is 282 g/mol. The van der Waals surface area contributed by atoms with Crippen molar-refractivity contribution in [3.8, 4) is 0 Å². The summed E-state index contributed by atoms with van der Waals surface area (Å²) in [6.45, 7) is 7.07. The van der Waals surface area contributed by atoms with E-state index < -0.39 is 0 Å². The molecule has 0 fully saturated rings. The van der Waals surface area contributed by atoms with E-state index in [0.29, 0.717) is 6.54 Å². The molecular weight excluding hydrogens is 255 g/mol. The van der Waals surface area contributed by atoms with Crippen molar-refractivity contribution in [2.24, 2.45) is 0 Å². The summed E-state index contributed by atoms with van der Waals surface area (Å²) >= 11 is 0. The van der Waals surface area contributed by atoms with Gasteiger partial charge >= 0.3 is 0 Å². The van der Waals surface area contributed by atoms with Crippen molar-refractivity contribution >= 4 is 0 Å². The Morgan fingerprint density at radius 3 is 2.75 bits per heavy atom. The van der Waals surface area contributed by atoms with Crippen molar-refractivity contribution in [3.63, 3.8) is 0 Å². The second-order valence-corrected chi connectivity index (χ2v) is 5.05. The first-order valence-electron chi connectivity index (χ1n) is 7.44. The van der Waals surface area contributed by atoms with E-state index in [1.165, 1.54) is 12.5 Å². The van der Waals surface area contributed by atoms with E-state index in [0.717, 1.165) is 44.8 Å². The zero-order chi connectivity index (χ0) is 14.6. The highest BCUT2D eigenvalue weighted by Crippen LogP contribution is 2.08. The SMILES string of the molecule is CCCCOCCNCCN(C)Cc1ccccc1F. The van der Waals surface area contributed by atoms with Crippen LogP contribution in [0.25, 0.3) is 0 Å². The minimum atomic E-state index is -0.128. The van der Waals surface area contributed by atoms with Gasteiger partial charge < -0.3 is 15.0 Å². The van der Waals surface area contributed by atoms with Gasteiger partial charge in [-0.3, -0.25) is 0 Å². The average molecular weight is 282 g/mol. The quantitative estimate of drug-likeness (QED) is 0.632. The zero-order valence-corrected chi connectivity index (χ0v) is 12.7. The Morgan fingerprint density at radius 1 is 1.20 bits per heavy atom. The first-order valence-corrected chi connectivity index (χ1v) is 7.44. The van der Waals surface area contributed by atoms with Crippen molar-refractivity contribution in [2.45, 2.75) is 26.3 Å². The predicted molar refractivity (Wildman–Crippen MR) is 81.3 cm³/mol. The molecule has 0 heterocycles. The van der Waals surface area contributed by atoms with Crippen LogP contribution >= 0.6 is 0 Å². The average Bonchev–Trinajstić information content (AvgIpc) is 2.44. The van der Waals surface area contributed by atoms with Crippen LogP contribution in [-0.4, -0.2) is 44.8 Å². The minimum absolute atomic E-state index is 0.128. The number of ether oxygens (including phenoxy) is 1. The lowest BCUT2D eigenvalue weighted by molar-refractivity contribution is 0.132. The Bertz CT molecular complexity index is 360. The number of nitrogens with one attached hydrogen (secondary N) is 1. The molecular formula is C16H27FN2O. The van der Waals surface area contributed by atoms with Gasteiger partial charge in [0, 0.05) is 38.3 Å². The van der Waals surface area contributed by atoms with Gasteiger partial charge in [0.2, 0.25) is 0 Å². The molecule has 1 rings (SSSR count). The van der Waals surface area contributed by atoms with Gasteiger partial charge in [0.05, 0.1) is 6.61 Å². The number of hydrogen-bond donors (Lipinski definition) is 1. The fourth-order valence-corrected chi connectivity index (χ4v) is 1.88. The van der Waals surface area contributed by atoms with E-state index in [9.17, 15) is 4.39 Å². The van der Waals surface area contributed by atoms with Gasteiger partial charge in [-0.1, -0.05) is 31.5 Å². The summed E-state index contributed by atoms with van der Waals surface area (Å²) in [6, 6.07) is 6.94. The lowest BCUT2D eigenvalue weighted by Crippen LogP contribution is -2.31. The molecule has 20 heavy (non-hydrogen) atoms. The number of rotatable bonds is 11. The maximum Gasteiger partial charge on any atom is 0.127 e. The molecule has 0 amide bonds. The first-order chi connectivity index (χ1) is 9.74. The van der Waals surface area contributed by atoms with Crippen LogP contribution in [0.3, 0.4) is 0 Å². The van der Waals surface area contributed by atoms with Gasteiger partial charge in [0.25, 0.3) is 0 Å². The van der Waals surface area contributed by atoms with E-state index in [2.05, 4.69) is 17.1 Å². The first kappa shape index (κ1) is 17.1. The third kappa shape index (κ3) is 7.58. The van der Waals surface area contributed by atoms with E-state index in [1.807, 2.05) is 19.2 Å². The molecule has 0 atom stereocenters. The van der Waals surface area contributed by atoms with E-state index in [-0.39, 0.29) is 5.82 Å². The smallest absolute Gasteiger partial charge is 0.127 e. The number of unbranched alkanes of at least 4 members (excludes halogenated alkanes) is 1. The van der Waals surface area contributed by atoms with Crippen LogP contribution in [0.15, 0.2) is 24.3 Å². The minimum Gasteiger partial charge on any atom is -0.380 e. The molecule has 1 N–H and O–H groups in total. The molecule has 0 bridgehead atoms. The summed E-state index contributed by atoms with van der Waals surface area (Å²) < 4.78 is 18.9. The maximum atomic E-state index is 13.5. The molecule has 0 spiro atoms. The third-order valence-corrected chi connectivity index (χ3v) is 3.13. The largest absolute Gasteiger partial charge is 0.380 e. The lowest BCUT2D eigenvalue weighted by atomic mass is 10.2. The second-order valence-electron chi connectivity index (χ2n) is 5.05. The van der Waals surface area contributed by atoms with Gasteiger partial charge in [-0.05, 0) is 19.5 Å². The molecule has 0 aromatic heterocycles. The highest BCUT2D eigenvalue weighted by Gasteiger charge is 2.04. The van der Waals surface area contributed by atoms with Crippen LogP contribution in [0.4, 0.5) is 4.39 Å². The summed E-state index contributed by atoms with van der Waals surface area (Å²) in [5, 5.41) is 3.33. The van der Waals surface area contributed by atoms with Crippen LogP contribution in [0, 0.1) is 5.82 Å². The molecule has 0 unspecified atom stereocenters.